The molecule has 3 aromatic rings. The van der Waals surface area contributed by atoms with Gasteiger partial charge in [-0.05, 0) is 30.3 Å². The van der Waals surface area contributed by atoms with Crippen LogP contribution < -0.4 is 0 Å². The number of aliphatic hydroxyl groups is 1. The molecule has 0 amide bonds. The molecule has 2 aromatic carbocycles. The van der Waals surface area contributed by atoms with Gasteiger partial charge in [0, 0.05) is 32.3 Å². The molecule has 0 saturated heterocycles. The van der Waals surface area contributed by atoms with Gasteiger partial charge in [-0.1, -0.05) is 40.2 Å². The molecule has 3 rings (SSSR count). The zero-order valence-electron chi connectivity index (χ0n) is 11.2. The molecule has 0 spiro atoms. The van der Waals surface area contributed by atoms with E-state index in [9.17, 15) is 5.11 Å². The van der Waals surface area contributed by atoms with Gasteiger partial charge in [0.05, 0.1) is 11.6 Å². The van der Waals surface area contributed by atoms with Crippen LogP contribution in [0.3, 0.4) is 0 Å². The third kappa shape index (κ3) is 3.64. The third-order valence-electron chi connectivity index (χ3n) is 3.20. The number of aromatic nitrogens is 1. The SMILES string of the molecule is OC(CSc1cccc(Br)c1)c1cnc2ccccc2c1. The van der Waals surface area contributed by atoms with Crippen LogP contribution in [0.2, 0.25) is 0 Å². The van der Waals surface area contributed by atoms with Crippen molar-refractivity contribution in [2.45, 2.75) is 11.0 Å². The summed E-state index contributed by atoms with van der Waals surface area (Å²) in [6.07, 6.45) is 1.24. The first-order valence-electron chi connectivity index (χ1n) is 6.63. The fourth-order valence-corrected chi connectivity index (χ4v) is 3.58. The van der Waals surface area contributed by atoms with Crippen LogP contribution in [0.1, 0.15) is 11.7 Å². The highest BCUT2D eigenvalue weighted by Gasteiger charge is 2.09. The van der Waals surface area contributed by atoms with Gasteiger partial charge in [-0.25, -0.2) is 0 Å². The second kappa shape index (κ2) is 6.60. The molecule has 2 nitrogen and oxygen atoms in total. The minimum absolute atomic E-state index is 0.522. The van der Waals surface area contributed by atoms with Crippen LogP contribution in [0, 0.1) is 0 Å². The monoisotopic (exact) mass is 359 g/mol. The molecule has 1 atom stereocenters. The van der Waals surface area contributed by atoms with E-state index in [0.717, 1.165) is 25.8 Å². The molecular weight excluding hydrogens is 346 g/mol. The first-order valence-corrected chi connectivity index (χ1v) is 8.41. The Balaban J connectivity index is 1.73. The second-order valence-electron chi connectivity index (χ2n) is 4.75. The number of pyridine rings is 1. The van der Waals surface area contributed by atoms with E-state index < -0.39 is 6.10 Å². The van der Waals surface area contributed by atoms with Crippen molar-refractivity contribution in [1.82, 2.24) is 4.98 Å². The van der Waals surface area contributed by atoms with Crippen LogP contribution in [0.15, 0.2) is 70.2 Å². The molecule has 0 aliphatic rings. The summed E-state index contributed by atoms with van der Waals surface area (Å²) < 4.78 is 1.05. The molecule has 1 aromatic heterocycles. The van der Waals surface area contributed by atoms with Crippen LogP contribution in [-0.2, 0) is 0 Å². The number of benzene rings is 2. The van der Waals surface area contributed by atoms with Gasteiger partial charge in [-0.3, -0.25) is 4.98 Å². The predicted molar refractivity (Wildman–Crippen MR) is 91.6 cm³/mol. The molecule has 1 heterocycles. The Kier molecular flexibility index (Phi) is 4.58. The minimum Gasteiger partial charge on any atom is -0.387 e. The van der Waals surface area contributed by atoms with Gasteiger partial charge in [-0.15, -0.1) is 11.8 Å². The first kappa shape index (κ1) is 14.6. The Hall–Kier alpha value is -1.36. The number of hydrogen-bond acceptors (Lipinski definition) is 3. The molecule has 0 aliphatic carbocycles. The third-order valence-corrected chi connectivity index (χ3v) is 4.76. The number of halogens is 1. The number of rotatable bonds is 4. The van der Waals surface area contributed by atoms with E-state index in [1.807, 2.05) is 48.5 Å². The lowest BCUT2D eigenvalue weighted by Crippen LogP contribution is -2.01. The highest BCUT2D eigenvalue weighted by atomic mass is 79.9. The molecule has 106 valence electrons. The summed E-state index contributed by atoms with van der Waals surface area (Å²) in [6, 6.07) is 18.0. The Bertz CT molecular complexity index is 762. The number of nitrogens with zero attached hydrogens (tertiary/aromatic N) is 1. The summed E-state index contributed by atoms with van der Waals surface area (Å²) in [5.74, 6) is 0.608. The maximum absolute atomic E-state index is 10.3. The van der Waals surface area contributed by atoms with Gasteiger partial charge in [0.25, 0.3) is 0 Å². The molecule has 0 saturated carbocycles. The second-order valence-corrected chi connectivity index (χ2v) is 6.75. The Morgan fingerprint density at radius 2 is 1.95 bits per heavy atom. The number of aliphatic hydroxyl groups excluding tert-OH is 1. The minimum atomic E-state index is -0.522. The van der Waals surface area contributed by atoms with Gasteiger partial charge in [0.15, 0.2) is 0 Å². The van der Waals surface area contributed by atoms with Gasteiger partial charge in [0.2, 0.25) is 0 Å². The van der Waals surface area contributed by atoms with E-state index in [2.05, 4.69) is 27.0 Å². The Morgan fingerprint density at radius 1 is 1.10 bits per heavy atom. The number of thioether (sulfide) groups is 1. The quantitative estimate of drug-likeness (QED) is 0.677. The van der Waals surface area contributed by atoms with Crippen LogP contribution >= 0.6 is 27.7 Å². The molecule has 0 fully saturated rings. The zero-order chi connectivity index (χ0) is 14.7. The molecule has 1 unspecified atom stereocenters. The highest BCUT2D eigenvalue weighted by Crippen LogP contribution is 2.27. The average Bonchev–Trinajstić information content (AvgIpc) is 2.52. The van der Waals surface area contributed by atoms with Crippen molar-refractivity contribution in [3.05, 3.63) is 70.8 Å². The van der Waals surface area contributed by atoms with E-state index in [1.54, 1.807) is 18.0 Å². The number of hydrogen-bond donors (Lipinski definition) is 1. The lowest BCUT2D eigenvalue weighted by Gasteiger charge is -2.11. The summed E-state index contributed by atoms with van der Waals surface area (Å²) in [5, 5.41) is 11.4. The van der Waals surface area contributed by atoms with Crippen molar-refractivity contribution < 1.29 is 5.11 Å². The summed E-state index contributed by atoms with van der Waals surface area (Å²) in [7, 11) is 0. The van der Waals surface area contributed by atoms with Gasteiger partial charge < -0.3 is 5.11 Å². The standard InChI is InChI=1S/C17H14BrNOS/c18-14-5-3-6-15(9-14)21-11-17(20)13-8-12-4-1-2-7-16(12)19-10-13/h1-10,17,20H,11H2. The van der Waals surface area contributed by atoms with Gasteiger partial charge in [-0.2, -0.15) is 0 Å². The molecule has 0 radical (unpaired) electrons. The Morgan fingerprint density at radius 3 is 2.81 bits per heavy atom. The van der Waals surface area contributed by atoms with Crippen molar-refractivity contribution in [3.63, 3.8) is 0 Å². The summed E-state index contributed by atoms with van der Waals surface area (Å²) in [4.78, 5) is 5.53. The number of para-hydroxylation sites is 1. The predicted octanol–water partition coefficient (Wildman–Crippen LogP) is 4.82. The lowest BCUT2D eigenvalue weighted by molar-refractivity contribution is 0.204. The van der Waals surface area contributed by atoms with Crippen molar-refractivity contribution in [1.29, 1.82) is 0 Å². The van der Waals surface area contributed by atoms with Crippen LogP contribution in [0.5, 0.6) is 0 Å². The lowest BCUT2D eigenvalue weighted by atomic mass is 10.1. The molecule has 21 heavy (non-hydrogen) atoms. The highest BCUT2D eigenvalue weighted by molar-refractivity contribution is 9.10. The normalized spacial score (nSPS) is 12.5. The molecule has 1 N–H and O–H groups in total. The smallest absolute Gasteiger partial charge is 0.0898 e. The Labute approximate surface area is 136 Å². The van der Waals surface area contributed by atoms with Crippen molar-refractivity contribution >= 4 is 38.6 Å². The van der Waals surface area contributed by atoms with Crippen LogP contribution in [0.25, 0.3) is 10.9 Å². The van der Waals surface area contributed by atoms with E-state index >= 15 is 0 Å². The maximum atomic E-state index is 10.3. The molecular formula is C17H14BrNOS. The maximum Gasteiger partial charge on any atom is 0.0898 e. The average molecular weight is 360 g/mol. The summed E-state index contributed by atoms with van der Waals surface area (Å²) in [6.45, 7) is 0. The van der Waals surface area contributed by atoms with Crippen LogP contribution in [0.4, 0.5) is 0 Å². The molecule has 0 bridgehead atoms. The van der Waals surface area contributed by atoms with Crippen molar-refractivity contribution in [2.75, 3.05) is 5.75 Å². The molecule has 0 aliphatic heterocycles. The fourth-order valence-electron chi connectivity index (χ4n) is 2.10. The fraction of sp³-hybridized carbons (Fsp3) is 0.118. The van der Waals surface area contributed by atoms with Crippen molar-refractivity contribution in [3.8, 4) is 0 Å². The molecule has 4 heteroatoms. The zero-order valence-corrected chi connectivity index (χ0v) is 13.6. The number of fused-ring (bicyclic) bond motifs is 1. The summed E-state index contributed by atoms with van der Waals surface area (Å²) in [5.41, 5.74) is 1.81. The topological polar surface area (TPSA) is 33.1 Å². The van der Waals surface area contributed by atoms with Gasteiger partial charge >= 0.3 is 0 Å². The summed E-state index contributed by atoms with van der Waals surface area (Å²) >= 11 is 5.09. The van der Waals surface area contributed by atoms with Crippen molar-refractivity contribution in [2.24, 2.45) is 0 Å². The van der Waals surface area contributed by atoms with E-state index in [4.69, 9.17) is 0 Å². The van der Waals surface area contributed by atoms with Crippen LogP contribution in [-0.4, -0.2) is 15.8 Å². The first-order chi connectivity index (χ1) is 10.2. The van der Waals surface area contributed by atoms with Gasteiger partial charge in [0.1, 0.15) is 0 Å². The van der Waals surface area contributed by atoms with E-state index in [0.29, 0.717) is 5.75 Å². The van der Waals surface area contributed by atoms with E-state index in [1.165, 1.54) is 0 Å². The largest absolute Gasteiger partial charge is 0.387 e. The van der Waals surface area contributed by atoms with E-state index in [-0.39, 0.29) is 0 Å².